The number of hydrogen-bond donors (Lipinski definition) is 1. The van der Waals surface area contributed by atoms with E-state index in [1.54, 1.807) is 36.4 Å². The first-order valence-electron chi connectivity index (χ1n) is 14.1. The van der Waals surface area contributed by atoms with Gasteiger partial charge in [-0.3, -0.25) is 23.4 Å². The van der Waals surface area contributed by atoms with Gasteiger partial charge in [-0.2, -0.15) is 13.2 Å². The van der Waals surface area contributed by atoms with E-state index in [0.717, 1.165) is 4.57 Å². The molecule has 10 nitrogen and oxygen atoms in total. The summed E-state index contributed by atoms with van der Waals surface area (Å²) >= 11 is 0. The second-order valence-electron chi connectivity index (χ2n) is 10.8. The first-order chi connectivity index (χ1) is 21.9. The molecule has 3 heterocycles. The molecule has 0 spiro atoms. The van der Waals surface area contributed by atoms with E-state index < -0.39 is 62.6 Å². The molecule has 6 rings (SSSR count). The number of halogens is 4. The van der Waals surface area contributed by atoms with Crippen molar-refractivity contribution in [2.24, 2.45) is 0 Å². The summed E-state index contributed by atoms with van der Waals surface area (Å²) in [6.45, 7) is -1.10. The van der Waals surface area contributed by atoms with Gasteiger partial charge in [-0.05, 0) is 24.6 Å². The Morgan fingerprint density at radius 2 is 1.59 bits per heavy atom. The summed E-state index contributed by atoms with van der Waals surface area (Å²) in [7, 11) is -5.78. The molecule has 0 aliphatic carbocycles. The fraction of sp³-hybridized carbons (Fsp3) is 0.290. The zero-order chi connectivity index (χ0) is 32.7. The second-order valence-corrected chi connectivity index (χ2v) is 12.1. The number of para-hydroxylation sites is 2. The van der Waals surface area contributed by atoms with Crippen molar-refractivity contribution in [1.29, 1.82) is 0 Å². The van der Waals surface area contributed by atoms with Crippen LogP contribution in [0.15, 0.2) is 94.6 Å². The molecule has 1 aromatic heterocycles. The van der Waals surface area contributed by atoms with Crippen molar-refractivity contribution in [2.75, 3.05) is 13.2 Å². The van der Waals surface area contributed by atoms with Gasteiger partial charge in [0.15, 0.2) is 12.2 Å². The lowest BCUT2D eigenvalue weighted by Gasteiger charge is -2.41. The topological polar surface area (TPSA) is 118 Å². The molecular formula is C31H27F4N2O8P. The molecule has 46 heavy (non-hydrogen) atoms. The second kappa shape index (κ2) is 12.3. The van der Waals surface area contributed by atoms with Crippen LogP contribution in [-0.4, -0.2) is 41.1 Å². The summed E-state index contributed by atoms with van der Waals surface area (Å²) in [4.78, 5) is 26.8. The number of hydrogen-bond acceptors (Lipinski definition) is 8. The number of H-pyrrole nitrogens is 1. The highest BCUT2D eigenvalue weighted by Crippen LogP contribution is 2.55. The maximum absolute atomic E-state index is 14.9. The summed E-state index contributed by atoms with van der Waals surface area (Å²) in [5.74, 6) is 0.985. The minimum atomic E-state index is -5.78. The van der Waals surface area contributed by atoms with Crippen molar-refractivity contribution in [2.45, 2.75) is 43.6 Å². The number of nitrogens with one attached hydrogen (secondary N) is 1. The van der Waals surface area contributed by atoms with Crippen LogP contribution in [0, 0.1) is 6.92 Å². The molecule has 0 bridgehead atoms. The maximum Gasteiger partial charge on any atom is 0.513 e. The normalized spacial score (nSPS) is 21.5. The SMILES string of the molecule is Cc1cn([C@H]2C[C@H](OP(=O)(F)OCC(F)(F)F)[C@@H](COC3(c4ccccc4)c4ccccc4Oc4ccccc43)O2)c(=O)[nH]c1=O. The summed E-state index contributed by atoms with van der Waals surface area (Å²) in [5, 5.41) is 0. The lowest BCUT2D eigenvalue weighted by Crippen LogP contribution is -2.40. The van der Waals surface area contributed by atoms with E-state index >= 15 is 0 Å². The molecule has 1 saturated heterocycles. The number of rotatable bonds is 9. The molecule has 0 saturated carbocycles. The predicted octanol–water partition coefficient (Wildman–Crippen LogP) is 6.29. The molecule has 1 unspecified atom stereocenters. The molecule has 15 heteroatoms. The molecule has 2 aliphatic heterocycles. The van der Waals surface area contributed by atoms with E-state index in [2.05, 4.69) is 9.51 Å². The molecule has 0 amide bonds. The van der Waals surface area contributed by atoms with Crippen LogP contribution in [0.3, 0.4) is 0 Å². The summed E-state index contributed by atoms with van der Waals surface area (Å²) in [6, 6.07) is 23.5. The van der Waals surface area contributed by atoms with Crippen LogP contribution >= 0.6 is 7.91 Å². The maximum atomic E-state index is 14.9. The van der Waals surface area contributed by atoms with Gasteiger partial charge in [0.1, 0.15) is 29.9 Å². The van der Waals surface area contributed by atoms with Crippen molar-refractivity contribution >= 4 is 7.91 Å². The Labute approximate surface area is 259 Å². The van der Waals surface area contributed by atoms with Crippen LogP contribution in [0.1, 0.15) is 34.9 Å². The first kappa shape index (κ1) is 31.9. The van der Waals surface area contributed by atoms with Gasteiger partial charge in [-0.15, -0.1) is 4.20 Å². The highest BCUT2D eigenvalue weighted by atomic mass is 31.2. The number of aromatic nitrogens is 2. The van der Waals surface area contributed by atoms with Crippen LogP contribution < -0.4 is 16.0 Å². The van der Waals surface area contributed by atoms with Crippen molar-refractivity contribution in [3.63, 3.8) is 0 Å². The van der Waals surface area contributed by atoms with E-state index in [9.17, 15) is 31.5 Å². The van der Waals surface area contributed by atoms with Crippen LogP contribution in [0.25, 0.3) is 0 Å². The van der Waals surface area contributed by atoms with Gasteiger partial charge in [0.2, 0.25) is 0 Å². The quantitative estimate of drug-likeness (QED) is 0.164. The van der Waals surface area contributed by atoms with Gasteiger partial charge in [-0.1, -0.05) is 66.7 Å². The zero-order valence-electron chi connectivity index (χ0n) is 24.1. The zero-order valence-corrected chi connectivity index (χ0v) is 25.0. The monoisotopic (exact) mass is 662 g/mol. The Balaban J connectivity index is 1.39. The molecule has 4 atom stereocenters. The summed E-state index contributed by atoms with van der Waals surface area (Å²) in [5.41, 5.74) is -0.761. The Bertz CT molecular complexity index is 1850. The fourth-order valence-electron chi connectivity index (χ4n) is 5.66. The molecule has 2 aliphatic rings. The van der Waals surface area contributed by atoms with Gasteiger partial charge < -0.3 is 14.2 Å². The molecule has 3 aromatic carbocycles. The van der Waals surface area contributed by atoms with Crippen LogP contribution in [-0.2, 0) is 28.7 Å². The molecule has 0 radical (unpaired) electrons. The third kappa shape index (κ3) is 6.31. The van der Waals surface area contributed by atoms with E-state index in [1.165, 1.54) is 13.1 Å². The highest BCUT2D eigenvalue weighted by molar-refractivity contribution is 7.48. The van der Waals surface area contributed by atoms with Crippen LogP contribution in [0.2, 0.25) is 0 Å². The van der Waals surface area contributed by atoms with Gasteiger partial charge in [-0.25, -0.2) is 9.36 Å². The van der Waals surface area contributed by atoms with Crippen molar-refractivity contribution in [3.8, 4) is 11.5 Å². The average Bonchev–Trinajstić information content (AvgIpc) is 3.41. The van der Waals surface area contributed by atoms with Gasteiger partial charge >= 0.3 is 19.8 Å². The number of aryl methyl sites for hydroxylation is 1. The van der Waals surface area contributed by atoms with Crippen molar-refractivity contribution < 1.29 is 45.2 Å². The van der Waals surface area contributed by atoms with Crippen LogP contribution in [0.4, 0.5) is 17.4 Å². The number of fused-ring (bicyclic) bond motifs is 2. The number of aromatic amines is 1. The fourth-order valence-corrected chi connectivity index (χ4v) is 6.57. The van der Waals surface area contributed by atoms with E-state index in [0.29, 0.717) is 28.2 Å². The van der Waals surface area contributed by atoms with E-state index in [1.807, 2.05) is 42.5 Å². The Morgan fingerprint density at radius 1 is 0.978 bits per heavy atom. The first-order valence-corrected chi connectivity index (χ1v) is 15.5. The number of benzene rings is 3. The minimum absolute atomic E-state index is 0.156. The molecule has 242 valence electrons. The third-order valence-electron chi connectivity index (χ3n) is 7.68. The van der Waals surface area contributed by atoms with Gasteiger partial charge in [0.05, 0.1) is 6.61 Å². The van der Waals surface area contributed by atoms with Gasteiger partial charge in [0, 0.05) is 29.3 Å². The Kier molecular flexibility index (Phi) is 8.51. The number of nitrogens with zero attached hydrogens (tertiary/aromatic N) is 1. The molecule has 4 aromatic rings. The predicted molar refractivity (Wildman–Crippen MR) is 155 cm³/mol. The largest absolute Gasteiger partial charge is 0.513 e. The van der Waals surface area contributed by atoms with Crippen LogP contribution in [0.5, 0.6) is 11.5 Å². The summed E-state index contributed by atoms with van der Waals surface area (Å²) < 4.78 is 94.6. The smallest absolute Gasteiger partial charge is 0.457 e. The standard InChI is InChI=1S/C31H27F4N2O8P/c1-19-16-37(29(39)36-28(19)38)27-15-25(45-46(35,40)42-18-30(32,33)34)26(44-27)17-41-31(20-9-3-2-4-10-20)21-11-5-7-13-23(21)43-24-14-8-6-12-22(24)31/h2-14,16,25-27H,15,17-18H2,1H3,(H,36,38,39)/t25-,26+,27+,46?/m0/s1. The third-order valence-corrected chi connectivity index (χ3v) is 8.64. The lowest BCUT2D eigenvalue weighted by molar-refractivity contribution is -0.158. The van der Waals surface area contributed by atoms with Crippen molar-refractivity contribution in [3.05, 3.63) is 128 Å². The van der Waals surface area contributed by atoms with E-state index in [-0.39, 0.29) is 12.0 Å². The van der Waals surface area contributed by atoms with Crippen molar-refractivity contribution in [1.82, 2.24) is 9.55 Å². The average molecular weight is 663 g/mol. The number of ether oxygens (including phenoxy) is 3. The molecular weight excluding hydrogens is 635 g/mol. The van der Waals surface area contributed by atoms with Gasteiger partial charge in [0.25, 0.3) is 5.56 Å². The number of alkyl halides is 3. The lowest BCUT2D eigenvalue weighted by atomic mass is 9.77. The van der Waals surface area contributed by atoms with E-state index in [4.69, 9.17) is 18.7 Å². The molecule has 1 N–H and O–H groups in total. The highest BCUT2D eigenvalue weighted by Gasteiger charge is 2.49. The Hall–Kier alpha value is -4.07. The minimum Gasteiger partial charge on any atom is -0.457 e. The Morgan fingerprint density at radius 3 is 2.22 bits per heavy atom. The summed E-state index contributed by atoms with van der Waals surface area (Å²) in [6.07, 6.45) is -8.10. The molecule has 1 fully saturated rings.